The third kappa shape index (κ3) is 3.16. The highest BCUT2D eigenvalue weighted by Gasteiger charge is 2.15. The van der Waals surface area contributed by atoms with E-state index in [0.717, 1.165) is 11.1 Å². The Balaban J connectivity index is 1.90. The number of hydrogen-bond acceptors (Lipinski definition) is 4. The van der Waals surface area contributed by atoms with Crippen LogP contribution in [0.25, 0.3) is 12.2 Å². The minimum Gasteiger partial charge on any atom is -0.496 e. The molecular formula is C18H14N2O3. The lowest BCUT2D eigenvalue weighted by Gasteiger charge is -2.17. The SMILES string of the molecule is COc1ccc(C#N)cc1C=Cc1ccc2c(c1)NC(=O)CO2. The quantitative estimate of drug-likeness (QED) is 0.885. The summed E-state index contributed by atoms with van der Waals surface area (Å²) in [5.41, 5.74) is 2.93. The van der Waals surface area contributed by atoms with Crippen molar-refractivity contribution in [2.75, 3.05) is 19.0 Å². The lowest BCUT2D eigenvalue weighted by atomic mass is 10.1. The number of anilines is 1. The van der Waals surface area contributed by atoms with Gasteiger partial charge >= 0.3 is 0 Å². The minimum absolute atomic E-state index is 0.0420. The van der Waals surface area contributed by atoms with E-state index >= 15 is 0 Å². The topological polar surface area (TPSA) is 71.3 Å². The van der Waals surface area contributed by atoms with E-state index in [1.807, 2.05) is 30.4 Å². The van der Waals surface area contributed by atoms with Gasteiger partial charge in [0, 0.05) is 5.56 Å². The van der Waals surface area contributed by atoms with Gasteiger partial charge in [0.2, 0.25) is 0 Å². The van der Waals surface area contributed by atoms with E-state index in [0.29, 0.717) is 22.7 Å². The Morgan fingerprint density at radius 3 is 2.91 bits per heavy atom. The Labute approximate surface area is 133 Å². The summed E-state index contributed by atoms with van der Waals surface area (Å²) >= 11 is 0. The molecule has 0 bridgehead atoms. The highest BCUT2D eigenvalue weighted by molar-refractivity contribution is 5.95. The second kappa shape index (κ2) is 6.24. The zero-order valence-electron chi connectivity index (χ0n) is 12.5. The summed E-state index contributed by atoms with van der Waals surface area (Å²) in [6.07, 6.45) is 3.76. The van der Waals surface area contributed by atoms with E-state index in [2.05, 4.69) is 11.4 Å². The van der Waals surface area contributed by atoms with Gasteiger partial charge in [-0.15, -0.1) is 0 Å². The van der Waals surface area contributed by atoms with Crippen LogP contribution in [0.15, 0.2) is 36.4 Å². The second-order valence-electron chi connectivity index (χ2n) is 4.99. The summed E-state index contributed by atoms with van der Waals surface area (Å²) in [7, 11) is 1.59. The summed E-state index contributed by atoms with van der Waals surface area (Å²) in [4.78, 5) is 11.4. The lowest BCUT2D eigenvalue weighted by molar-refractivity contribution is -0.118. The Hall–Kier alpha value is -3.26. The molecule has 0 aliphatic carbocycles. The molecule has 0 fully saturated rings. The molecule has 1 heterocycles. The van der Waals surface area contributed by atoms with Crippen molar-refractivity contribution in [3.63, 3.8) is 0 Å². The molecule has 2 aromatic rings. The molecule has 0 aromatic heterocycles. The van der Waals surface area contributed by atoms with Crippen LogP contribution in [-0.2, 0) is 4.79 Å². The van der Waals surface area contributed by atoms with Crippen molar-refractivity contribution >= 4 is 23.7 Å². The van der Waals surface area contributed by atoms with Crippen molar-refractivity contribution < 1.29 is 14.3 Å². The zero-order chi connectivity index (χ0) is 16.2. The van der Waals surface area contributed by atoms with Crippen LogP contribution in [0.2, 0.25) is 0 Å². The van der Waals surface area contributed by atoms with Crippen molar-refractivity contribution in [2.24, 2.45) is 0 Å². The Kier molecular flexibility index (Phi) is 3.98. The van der Waals surface area contributed by atoms with E-state index in [4.69, 9.17) is 14.7 Å². The summed E-state index contributed by atoms with van der Waals surface area (Å²) < 4.78 is 10.6. The Morgan fingerprint density at radius 2 is 2.13 bits per heavy atom. The van der Waals surface area contributed by atoms with Gasteiger partial charge in [-0.2, -0.15) is 5.26 Å². The molecule has 23 heavy (non-hydrogen) atoms. The van der Waals surface area contributed by atoms with Gasteiger partial charge in [-0.1, -0.05) is 18.2 Å². The fourth-order valence-electron chi connectivity index (χ4n) is 2.32. The lowest BCUT2D eigenvalue weighted by Crippen LogP contribution is -2.25. The highest BCUT2D eigenvalue weighted by Crippen LogP contribution is 2.29. The number of fused-ring (bicyclic) bond motifs is 1. The normalized spacial score (nSPS) is 13.0. The van der Waals surface area contributed by atoms with E-state index < -0.39 is 0 Å². The number of nitrogens with zero attached hydrogens (tertiary/aromatic N) is 1. The number of carbonyl (C=O) groups is 1. The van der Waals surface area contributed by atoms with Crippen LogP contribution >= 0.6 is 0 Å². The van der Waals surface area contributed by atoms with Crippen LogP contribution in [-0.4, -0.2) is 19.6 Å². The van der Waals surface area contributed by atoms with Crippen molar-refractivity contribution in [3.8, 4) is 17.6 Å². The standard InChI is InChI=1S/C18H14N2O3/c1-22-16-6-4-13(10-19)8-14(16)5-2-12-3-7-17-15(9-12)20-18(21)11-23-17/h2-9H,11H2,1H3,(H,20,21). The van der Waals surface area contributed by atoms with Crippen molar-refractivity contribution in [1.82, 2.24) is 0 Å². The molecule has 2 aromatic carbocycles. The van der Waals surface area contributed by atoms with E-state index in [1.165, 1.54) is 0 Å². The summed E-state index contributed by atoms with van der Waals surface area (Å²) in [6, 6.07) is 12.9. The molecule has 114 valence electrons. The van der Waals surface area contributed by atoms with Gasteiger partial charge in [0.05, 0.1) is 24.4 Å². The van der Waals surface area contributed by atoms with Gasteiger partial charge in [0.15, 0.2) is 6.61 Å². The number of nitrogens with one attached hydrogen (secondary N) is 1. The largest absolute Gasteiger partial charge is 0.496 e. The molecule has 5 heteroatoms. The van der Waals surface area contributed by atoms with Crippen LogP contribution in [0.5, 0.6) is 11.5 Å². The fourth-order valence-corrected chi connectivity index (χ4v) is 2.32. The van der Waals surface area contributed by atoms with E-state index in [9.17, 15) is 4.79 Å². The summed E-state index contributed by atoms with van der Waals surface area (Å²) in [5.74, 6) is 1.18. The van der Waals surface area contributed by atoms with Gasteiger partial charge in [0.1, 0.15) is 11.5 Å². The van der Waals surface area contributed by atoms with Crippen molar-refractivity contribution in [2.45, 2.75) is 0 Å². The van der Waals surface area contributed by atoms with Crippen LogP contribution in [0.3, 0.4) is 0 Å². The first-order valence-electron chi connectivity index (χ1n) is 7.02. The zero-order valence-corrected chi connectivity index (χ0v) is 12.5. The third-order valence-electron chi connectivity index (χ3n) is 3.45. The van der Waals surface area contributed by atoms with Gasteiger partial charge in [0.25, 0.3) is 5.91 Å². The molecule has 1 N–H and O–H groups in total. The maximum Gasteiger partial charge on any atom is 0.262 e. The van der Waals surface area contributed by atoms with Crippen LogP contribution in [0.1, 0.15) is 16.7 Å². The second-order valence-corrected chi connectivity index (χ2v) is 4.99. The number of methoxy groups -OCH3 is 1. The average Bonchev–Trinajstić information content (AvgIpc) is 2.59. The van der Waals surface area contributed by atoms with Gasteiger partial charge in [-0.25, -0.2) is 0 Å². The molecule has 5 nitrogen and oxygen atoms in total. The fraction of sp³-hybridized carbons (Fsp3) is 0.111. The maximum absolute atomic E-state index is 11.4. The summed E-state index contributed by atoms with van der Waals surface area (Å²) in [5, 5.41) is 11.8. The molecule has 0 unspecified atom stereocenters. The minimum atomic E-state index is -0.165. The summed E-state index contributed by atoms with van der Waals surface area (Å²) in [6.45, 7) is 0.0420. The van der Waals surface area contributed by atoms with Crippen molar-refractivity contribution in [3.05, 3.63) is 53.1 Å². The molecule has 1 aliphatic rings. The molecule has 0 spiro atoms. The molecule has 1 aliphatic heterocycles. The maximum atomic E-state index is 11.4. The smallest absolute Gasteiger partial charge is 0.262 e. The predicted molar refractivity (Wildman–Crippen MR) is 87.2 cm³/mol. The van der Waals surface area contributed by atoms with Gasteiger partial charge in [-0.3, -0.25) is 4.79 Å². The molecule has 0 saturated carbocycles. The highest BCUT2D eigenvalue weighted by atomic mass is 16.5. The molecular weight excluding hydrogens is 292 g/mol. The first-order valence-corrected chi connectivity index (χ1v) is 7.02. The van der Waals surface area contributed by atoms with Crippen molar-refractivity contribution in [1.29, 1.82) is 5.26 Å². The van der Waals surface area contributed by atoms with Crippen LogP contribution < -0.4 is 14.8 Å². The number of carbonyl (C=O) groups excluding carboxylic acids is 1. The van der Waals surface area contributed by atoms with E-state index in [1.54, 1.807) is 25.3 Å². The third-order valence-corrected chi connectivity index (χ3v) is 3.45. The number of benzene rings is 2. The number of hydrogen-bond donors (Lipinski definition) is 1. The first kappa shape index (κ1) is 14.7. The molecule has 0 radical (unpaired) electrons. The average molecular weight is 306 g/mol. The number of rotatable bonds is 3. The molecule has 3 rings (SSSR count). The number of ether oxygens (including phenoxy) is 2. The van der Waals surface area contributed by atoms with Crippen LogP contribution in [0.4, 0.5) is 5.69 Å². The van der Waals surface area contributed by atoms with Gasteiger partial charge in [-0.05, 0) is 35.9 Å². The Morgan fingerprint density at radius 1 is 1.26 bits per heavy atom. The predicted octanol–water partition coefficient (Wildman–Crippen LogP) is 3.07. The Bertz CT molecular complexity index is 835. The molecule has 0 atom stereocenters. The van der Waals surface area contributed by atoms with Crippen LogP contribution in [0, 0.1) is 11.3 Å². The molecule has 0 saturated heterocycles. The number of amides is 1. The number of nitriles is 1. The monoisotopic (exact) mass is 306 g/mol. The van der Waals surface area contributed by atoms with E-state index in [-0.39, 0.29) is 12.5 Å². The van der Waals surface area contributed by atoms with Gasteiger partial charge < -0.3 is 14.8 Å². The first-order chi connectivity index (χ1) is 11.2. The molecule has 1 amide bonds.